The summed E-state index contributed by atoms with van der Waals surface area (Å²) in [5.41, 5.74) is 2.78. The molecule has 0 radical (unpaired) electrons. The zero-order valence-electron chi connectivity index (χ0n) is 15.2. The number of hydrogen-bond donors (Lipinski definition) is 1. The first-order chi connectivity index (χ1) is 12.5. The molecule has 138 valence electrons. The van der Waals surface area contributed by atoms with Gasteiger partial charge in [-0.2, -0.15) is 0 Å². The molecule has 0 saturated carbocycles. The van der Waals surface area contributed by atoms with E-state index in [2.05, 4.69) is 0 Å². The van der Waals surface area contributed by atoms with Crippen molar-refractivity contribution < 1.29 is 28.8 Å². The first-order valence-corrected chi connectivity index (χ1v) is 8.15. The van der Waals surface area contributed by atoms with Gasteiger partial charge in [-0.25, -0.2) is 0 Å². The second kappa shape index (κ2) is 7.58. The van der Waals surface area contributed by atoms with Gasteiger partial charge in [0.05, 0.1) is 21.3 Å². The zero-order valence-corrected chi connectivity index (χ0v) is 15.2. The minimum atomic E-state index is -0.937. The maximum absolute atomic E-state index is 9.71. The minimum absolute atomic E-state index is 0.312. The summed E-state index contributed by atoms with van der Waals surface area (Å²) in [4.78, 5) is 0. The highest BCUT2D eigenvalue weighted by Gasteiger charge is 2.17. The Hall–Kier alpha value is -2.86. The molecule has 1 heterocycles. The lowest BCUT2D eigenvalue weighted by atomic mass is 10.0. The Labute approximate surface area is 152 Å². The first kappa shape index (κ1) is 17.9. The Morgan fingerprint density at radius 3 is 2.31 bits per heavy atom. The van der Waals surface area contributed by atoms with Gasteiger partial charge in [0.15, 0.2) is 11.5 Å². The van der Waals surface area contributed by atoms with Gasteiger partial charge in [-0.1, -0.05) is 0 Å². The van der Waals surface area contributed by atoms with E-state index in [1.165, 1.54) is 0 Å². The maximum atomic E-state index is 9.71. The third-order valence-electron chi connectivity index (χ3n) is 4.15. The number of aliphatic hydroxyl groups is 1. The summed E-state index contributed by atoms with van der Waals surface area (Å²) in [6.07, 6.45) is 0.728. The predicted molar refractivity (Wildman–Crippen MR) is 97.2 cm³/mol. The summed E-state index contributed by atoms with van der Waals surface area (Å²) in [5, 5.41) is 9.71. The minimum Gasteiger partial charge on any atom is -0.493 e. The second-order valence-electron chi connectivity index (χ2n) is 5.84. The molecule has 1 aliphatic heterocycles. The van der Waals surface area contributed by atoms with Crippen LogP contribution < -0.4 is 23.7 Å². The van der Waals surface area contributed by atoms with E-state index in [1.807, 2.05) is 31.2 Å². The molecule has 0 spiro atoms. The normalized spacial score (nSPS) is 15.4. The van der Waals surface area contributed by atoms with Gasteiger partial charge in [0.2, 0.25) is 12.0 Å². The van der Waals surface area contributed by atoms with E-state index in [0.717, 1.165) is 16.7 Å². The lowest BCUT2D eigenvalue weighted by Crippen LogP contribution is -2.17. The summed E-state index contributed by atoms with van der Waals surface area (Å²) in [7, 11) is 4.71. The monoisotopic (exact) mass is 358 g/mol. The Balaban J connectivity index is 1.80. The van der Waals surface area contributed by atoms with Crippen LogP contribution in [0.5, 0.6) is 28.7 Å². The molecule has 3 rings (SSSR count). The number of rotatable bonds is 6. The van der Waals surface area contributed by atoms with Crippen molar-refractivity contribution in [3.63, 3.8) is 0 Å². The number of benzene rings is 2. The van der Waals surface area contributed by atoms with Crippen molar-refractivity contribution in [3.8, 4) is 28.7 Å². The van der Waals surface area contributed by atoms with Crippen LogP contribution in [0.15, 0.2) is 36.4 Å². The molecule has 6 heteroatoms. The highest BCUT2D eigenvalue weighted by Crippen LogP contribution is 2.39. The average molecular weight is 358 g/mol. The van der Waals surface area contributed by atoms with Crippen molar-refractivity contribution in [3.05, 3.63) is 47.5 Å². The van der Waals surface area contributed by atoms with Crippen molar-refractivity contribution in [1.82, 2.24) is 0 Å². The largest absolute Gasteiger partial charge is 0.493 e. The van der Waals surface area contributed by atoms with Gasteiger partial charge in [-0.05, 0) is 48.4 Å². The van der Waals surface area contributed by atoms with E-state index in [0.29, 0.717) is 35.4 Å². The Bertz CT molecular complexity index is 802. The Morgan fingerprint density at radius 2 is 1.69 bits per heavy atom. The fourth-order valence-electron chi connectivity index (χ4n) is 2.87. The van der Waals surface area contributed by atoms with E-state index < -0.39 is 6.29 Å². The van der Waals surface area contributed by atoms with Crippen LogP contribution in [0.3, 0.4) is 0 Å². The molecule has 0 aliphatic carbocycles. The van der Waals surface area contributed by atoms with Crippen LogP contribution >= 0.6 is 0 Å². The summed E-state index contributed by atoms with van der Waals surface area (Å²) >= 11 is 0. The molecular weight excluding hydrogens is 336 g/mol. The van der Waals surface area contributed by atoms with Crippen molar-refractivity contribution in [2.24, 2.45) is 0 Å². The van der Waals surface area contributed by atoms with Gasteiger partial charge < -0.3 is 28.8 Å². The third kappa shape index (κ3) is 3.55. The standard InChI is InChI=1S/C20H22O6/c1-12-7-19(21)26-16-10-14(5-6-15(12)16)25-11-13-8-17(22-2)20(24-4)18(9-13)23-3/h5-10,19,21H,11H2,1-4H3. The van der Waals surface area contributed by atoms with Gasteiger partial charge in [-0.15, -0.1) is 0 Å². The molecule has 1 aliphatic rings. The number of fused-ring (bicyclic) bond motifs is 1. The highest BCUT2D eigenvalue weighted by molar-refractivity contribution is 5.71. The van der Waals surface area contributed by atoms with Gasteiger partial charge in [-0.3, -0.25) is 0 Å². The lowest BCUT2D eigenvalue weighted by molar-refractivity contribution is 0.0223. The molecule has 0 bridgehead atoms. The summed E-state index contributed by atoms with van der Waals surface area (Å²) in [5.74, 6) is 2.92. The van der Waals surface area contributed by atoms with Gasteiger partial charge in [0, 0.05) is 11.6 Å². The van der Waals surface area contributed by atoms with Crippen LogP contribution in [0, 0.1) is 0 Å². The second-order valence-corrected chi connectivity index (χ2v) is 5.84. The van der Waals surface area contributed by atoms with E-state index >= 15 is 0 Å². The number of aliphatic hydroxyl groups excluding tert-OH is 1. The molecular formula is C20H22O6. The smallest absolute Gasteiger partial charge is 0.217 e. The molecule has 0 amide bonds. The van der Waals surface area contributed by atoms with Crippen LogP contribution in [0.1, 0.15) is 18.1 Å². The summed E-state index contributed by atoms with van der Waals surface area (Å²) in [6, 6.07) is 9.24. The van der Waals surface area contributed by atoms with Crippen molar-refractivity contribution >= 4 is 5.57 Å². The van der Waals surface area contributed by atoms with Crippen LogP contribution in [-0.2, 0) is 6.61 Å². The fourth-order valence-corrected chi connectivity index (χ4v) is 2.87. The lowest BCUT2D eigenvalue weighted by Gasteiger charge is -2.21. The van der Waals surface area contributed by atoms with E-state index in [1.54, 1.807) is 33.5 Å². The van der Waals surface area contributed by atoms with Crippen molar-refractivity contribution in [1.29, 1.82) is 0 Å². The van der Waals surface area contributed by atoms with Crippen LogP contribution in [0.2, 0.25) is 0 Å². The van der Waals surface area contributed by atoms with E-state index in [9.17, 15) is 5.11 Å². The molecule has 0 aromatic heterocycles. The van der Waals surface area contributed by atoms with Gasteiger partial charge >= 0.3 is 0 Å². The topological polar surface area (TPSA) is 66.4 Å². The van der Waals surface area contributed by atoms with E-state index in [4.69, 9.17) is 23.7 Å². The maximum Gasteiger partial charge on any atom is 0.217 e. The Kier molecular flexibility index (Phi) is 5.23. The fraction of sp³-hybridized carbons (Fsp3) is 0.300. The molecule has 2 aromatic carbocycles. The van der Waals surface area contributed by atoms with Gasteiger partial charge in [0.1, 0.15) is 18.1 Å². The SMILES string of the molecule is COc1cc(COc2ccc3c(c2)OC(O)C=C3C)cc(OC)c1OC. The molecule has 2 aromatic rings. The zero-order chi connectivity index (χ0) is 18.7. The highest BCUT2D eigenvalue weighted by atomic mass is 16.6. The molecule has 1 unspecified atom stereocenters. The first-order valence-electron chi connectivity index (χ1n) is 8.15. The number of allylic oxidation sites excluding steroid dienone is 1. The number of ether oxygens (including phenoxy) is 5. The van der Waals surface area contributed by atoms with Gasteiger partial charge in [0.25, 0.3) is 0 Å². The molecule has 0 saturated heterocycles. The van der Waals surface area contributed by atoms with Crippen LogP contribution in [0.4, 0.5) is 0 Å². The summed E-state index contributed by atoms with van der Waals surface area (Å²) < 4.78 is 27.3. The van der Waals surface area contributed by atoms with Crippen LogP contribution in [0.25, 0.3) is 5.57 Å². The number of hydrogen-bond acceptors (Lipinski definition) is 6. The predicted octanol–water partition coefficient (Wildman–Crippen LogP) is 3.41. The number of methoxy groups -OCH3 is 3. The van der Waals surface area contributed by atoms with Crippen molar-refractivity contribution in [2.45, 2.75) is 19.8 Å². The average Bonchev–Trinajstić information content (AvgIpc) is 2.64. The Morgan fingerprint density at radius 1 is 1.00 bits per heavy atom. The van der Waals surface area contributed by atoms with Crippen LogP contribution in [-0.4, -0.2) is 32.7 Å². The summed E-state index contributed by atoms with van der Waals surface area (Å²) in [6.45, 7) is 2.24. The molecule has 1 atom stereocenters. The van der Waals surface area contributed by atoms with E-state index in [-0.39, 0.29) is 0 Å². The molecule has 1 N–H and O–H groups in total. The molecule has 26 heavy (non-hydrogen) atoms. The van der Waals surface area contributed by atoms with Crippen molar-refractivity contribution in [2.75, 3.05) is 21.3 Å². The quantitative estimate of drug-likeness (QED) is 0.854. The molecule has 6 nitrogen and oxygen atoms in total. The third-order valence-corrected chi connectivity index (χ3v) is 4.15. The molecule has 0 fully saturated rings.